The van der Waals surface area contributed by atoms with Crippen LogP contribution < -0.4 is 19.5 Å². The quantitative estimate of drug-likeness (QED) is 0.872. The first kappa shape index (κ1) is 18.6. The van der Waals surface area contributed by atoms with Crippen molar-refractivity contribution in [3.63, 3.8) is 0 Å². The van der Waals surface area contributed by atoms with Crippen LogP contribution in [0.4, 0.5) is 0 Å². The molecule has 6 nitrogen and oxygen atoms in total. The first-order valence-electron chi connectivity index (χ1n) is 7.88. The van der Waals surface area contributed by atoms with E-state index in [4.69, 9.17) is 14.2 Å². The van der Waals surface area contributed by atoms with E-state index in [-0.39, 0.29) is 5.91 Å². The lowest BCUT2D eigenvalue weighted by atomic mass is 9.95. The van der Waals surface area contributed by atoms with Crippen LogP contribution in [0.1, 0.15) is 35.5 Å². The van der Waals surface area contributed by atoms with Gasteiger partial charge in [0.2, 0.25) is 0 Å². The van der Waals surface area contributed by atoms with E-state index in [1.165, 1.54) is 21.3 Å². The highest BCUT2D eigenvalue weighted by Gasteiger charge is 2.26. The Balaban J connectivity index is 2.35. The molecule has 6 heteroatoms. The fourth-order valence-electron chi connectivity index (χ4n) is 2.47. The van der Waals surface area contributed by atoms with Gasteiger partial charge in [-0.1, -0.05) is 6.07 Å². The molecule has 25 heavy (non-hydrogen) atoms. The van der Waals surface area contributed by atoms with E-state index in [9.17, 15) is 4.79 Å². The number of rotatable bonds is 6. The van der Waals surface area contributed by atoms with Crippen LogP contribution in [-0.2, 0) is 5.54 Å². The highest BCUT2D eigenvalue weighted by atomic mass is 16.5. The zero-order chi connectivity index (χ0) is 18.6. The molecule has 1 aromatic carbocycles. The van der Waals surface area contributed by atoms with Crippen molar-refractivity contribution in [2.24, 2.45) is 0 Å². The lowest BCUT2D eigenvalue weighted by Crippen LogP contribution is -2.41. The van der Waals surface area contributed by atoms with Crippen molar-refractivity contribution in [1.29, 1.82) is 0 Å². The van der Waals surface area contributed by atoms with Gasteiger partial charge in [0.15, 0.2) is 11.5 Å². The first-order valence-corrected chi connectivity index (χ1v) is 7.88. The van der Waals surface area contributed by atoms with Gasteiger partial charge in [0.1, 0.15) is 5.75 Å². The zero-order valence-electron chi connectivity index (χ0n) is 15.5. The second kappa shape index (κ2) is 7.42. The number of nitrogens with zero attached hydrogens (tertiary/aromatic N) is 1. The molecule has 2 rings (SSSR count). The summed E-state index contributed by atoms with van der Waals surface area (Å²) in [6, 6.07) is 7.11. The lowest BCUT2D eigenvalue weighted by Gasteiger charge is -2.27. The Morgan fingerprint density at radius 2 is 1.60 bits per heavy atom. The summed E-state index contributed by atoms with van der Waals surface area (Å²) < 4.78 is 15.9. The Morgan fingerprint density at radius 1 is 1.00 bits per heavy atom. The maximum atomic E-state index is 12.8. The van der Waals surface area contributed by atoms with Crippen LogP contribution in [0.5, 0.6) is 17.2 Å². The summed E-state index contributed by atoms with van der Waals surface area (Å²) in [5, 5.41) is 3.02. The molecule has 0 atom stereocenters. The van der Waals surface area contributed by atoms with Gasteiger partial charge in [-0.25, -0.2) is 0 Å². The molecule has 0 radical (unpaired) electrons. The Hall–Kier alpha value is -2.76. The van der Waals surface area contributed by atoms with Crippen LogP contribution in [0.2, 0.25) is 0 Å². The number of benzene rings is 1. The van der Waals surface area contributed by atoms with E-state index in [1.807, 2.05) is 32.9 Å². The van der Waals surface area contributed by atoms with Gasteiger partial charge in [-0.05, 0) is 32.4 Å². The molecule has 0 fully saturated rings. The number of amides is 1. The van der Waals surface area contributed by atoms with E-state index >= 15 is 0 Å². The molecule has 0 bridgehead atoms. The normalized spacial score (nSPS) is 11.0. The van der Waals surface area contributed by atoms with Crippen molar-refractivity contribution in [3.8, 4) is 17.2 Å². The number of ether oxygens (including phenoxy) is 3. The molecular weight excluding hydrogens is 320 g/mol. The molecule has 0 spiro atoms. The van der Waals surface area contributed by atoms with Crippen LogP contribution in [0.3, 0.4) is 0 Å². The maximum Gasteiger partial charge on any atom is 0.255 e. The molecule has 1 heterocycles. The van der Waals surface area contributed by atoms with Crippen molar-refractivity contribution in [3.05, 3.63) is 47.3 Å². The van der Waals surface area contributed by atoms with Crippen molar-refractivity contribution >= 4 is 5.91 Å². The second-order valence-corrected chi connectivity index (χ2v) is 6.17. The minimum Gasteiger partial charge on any atom is -0.496 e. The Labute approximate surface area is 148 Å². The van der Waals surface area contributed by atoms with E-state index in [0.29, 0.717) is 22.8 Å². The summed E-state index contributed by atoms with van der Waals surface area (Å²) in [5.74, 6) is 1.09. The monoisotopic (exact) mass is 344 g/mol. The Bertz CT molecular complexity index is 755. The molecule has 0 aliphatic rings. The summed E-state index contributed by atoms with van der Waals surface area (Å²) in [6.45, 7) is 5.76. The van der Waals surface area contributed by atoms with Gasteiger partial charge in [-0.15, -0.1) is 0 Å². The predicted molar refractivity (Wildman–Crippen MR) is 95.6 cm³/mol. The number of hydrogen-bond donors (Lipinski definition) is 1. The summed E-state index contributed by atoms with van der Waals surface area (Å²) in [5.41, 5.74) is 1.60. The summed E-state index contributed by atoms with van der Waals surface area (Å²) in [4.78, 5) is 17.1. The number of methoxy groups -OCH3 is 3. The van der Waals surface area contributed by atoms with Gasteiger partial charge in [0.05, 0.1) is 32.4 Å². The minimum absolute atomic E-state index is 0.275. The van der Waals surface area contributed by atoms with E-state index in [0.717, 1.165) is 11.3 Å². The van der Waals surface area contributed by atoms with Gasteiger partial charge in [-0.3, -0.25) is 9.78 Å². The number of aryl methyl sites for hydroxylation is 1. The first-order chi connectivity index (χ1) is 11.8. The molecule has 2 aromatic rings. The van der Waals surface area contributed by atoms with E-state index in [1.54, 1.807) is 18.3 Å². The van der Waals surface area contributed by atoms with Gasteiger partial charge >= 0.3 is 0 Å². The standard InChI is InChI=1S/C19H24N2O4/c1-12-7-8-13(11-20-12)19(2,3)21-18(22)14-9-16(24-5)17(25-6)10-15(14)23-4/h7-11H,1-6H3,(H,21,22). The maximum absolute atomic E-state index is 12.8. The van der Waals surface area contributed by atoms with Crippen LogP contribution in [-0.4, -0.2) is 32.2 Å². The molecule has 134 valence electrons. The van der Waals surface area contributed by atoms with Crippen LogP contribution in [0.15, 0.2) is 30.5 Å². The van der Waals surface area contributed by atoms with Crippen molar-refractivity contribution in [1.82, 2.24) is 10.3 Å². The SMILES string of the molecule is COc1cc(OC)c(C(=O)NC(C)(C)c2ccc(C)nc2)cc1OC. The van der Waals surface area contributed by atoms with Crippen LogP contribution in [0, 0.1) is 6.92 Å². The van der Waals surface area contributed by atoms with Crippen LogP contribution >= 0.6 is 0 Å². The highest BCUT2D eigenvalue weighted by Crippen LogP contribution is 2.35. The van der Waals surface area contributed by atoms with Crippen molar-refractivity contribution in [2.45, 2.75) is 26.3 Å². The molecular formula is C19H24N2O4. The van der Waals surface area contributed by atoms with Gasteiger partial charge < -0.3 is 19.5 Å². The highest BCUT2D eigenvalue weighted by molar-refractivity contribution is 5.98. The number of carbonyl (C=O) groups excluding carboxylic acids is 1. The molecule has 0 saturated heterocycles. The summed E-state index contributed by atoms with van der Waals surface area (Å²) >= 11 is 0. The second-order valence-electron chi connectivity index (χ2n) is 6.17. The van der Waals surface area contributed by atoms with Gasteiger partial charge in [0.25, 0.3) is 5.91 Å². The zero-order valence-corrected chi connectivity index (χ0v) is 15.5. The predicted octanol–water partition coefficient (Wildman–Crippen LogP) is 3.08. The lowest BCUT2D eigenvalue weighted by molar-refractivity contribution is 0.0908. The molecule has 1 N–H and O–H groups in total. The molecule has 0 aliphatic heterocycles. The third-order valence-electron chi connectivity index (χ3n) is 4.01. The molecule has 0 aliphatic carbocycles. The van der Waals surface area contributed by atoms with Crippen LogP contribution in [0.25, 0.3) is 0 Å². The average molecular weight is 344 g/mol. The van der Waals surface area contributed by atoms with Gasteiger partial charge in [-0.2, -0.15) is 0 Å². The molecule has 1 amide bonds. The smallest absolute Gasteiger partial charge is 0.255 e. The summed E-state index contributed by atoms with van der Waals surface area (Å²) in [6.07, 6.45) is 1.77. The Morgan fingerprint density at radius 3 is 2.12 bits per heavy atom. The topological polar surface area (TPSA) is 69.7 Å². The van der Waals surface area contributed by atoms with Gasteiger partial charge in [0, 0.05) is 24.0 Å². The van der Waals surface area contributed by atoms with Crippen molar-refractivity contribution < 1.29 is 19.0 Å². The summed E-state index contributed by atoms with van der Waals surface area (Å²) in [7, 11) is 4.56. The van der Waals surface area contributed by atoms with E-state index < -0.39 is 5.54 Å². The fourth-order valence-corrected chi connectivity index (χ4v) is 2.47. The van der Waals surface area contributed by atoms with Crippen molar-refractivity contribution in [2.75, 3.05) is 21.3 Å². The minimum atomic E-state index is -0.601. The fraction of sp³-hybridized carbons (Fsp3) is 0.368. The number of aromatic nitrogens is 1. The Kier molecular flexibility index (Phi) is 5.51. The third-order valence-corrected chi connectivity index (χ3v) is 4.01. The molecule has 0 saturated carbocycles. The largest absolute Gasteiger partial charge is 0.496 e. The third kappa shape index (κ3) is 4.02. The van der Waals surface area contributed by atoms with E-state index in [2.05, 4.69) is 10.3 Å². The number of hydrogen-bond acceptors (Lipinski definition) is 5. The molecule has 1 aromatic heterocycles. The number of nitrogens with one attached hydrogen (secondary N) is 1. The number of carbonyl (C=O) groups is 1. The number of pyridine rings is 1. The molecule has 0 unspecified atom stereocenters. The average Bonchev–Trinajstić information content (AvgIpc) is 2.60.